The lowest BCUT2D eigenvalue weighted by atomic mass is 10.1. The minimum atomic E-state index is -1.50. The number of nitrogens with zero attached hydrogens (tertiary/aromatic N) is 4. The molecule has 0 spiro atoms. The highest BCUT2D eigenvalue weighted by molar-refractivity contribution is 7.82. The third-order valence-electron chi connectivity index (χ3n) is 5.08. The molecule has 0 radical (unpaired) electrons. The lowest BCUT2D eigenvalue weighted by molar-refractivity contribution is 0.0978. The zero-order chi connectivity index (χ0) is 24.9. The van der Waals surface area contributed by atoms with Gasteiger partial charge in [-0.2, -0.15) is 5.26 Å². The van der Waals surface area contributed by atoms with Crippen molar-refractivity contribution in [3.05, 3.63) is 94.4 Å². The summed E-state index contributed by atoms with van der Waals surface area (Å²) in [5.41, 5.74) is 3.93. The van der Waals surface area contributed by atoms with Crippen molar-refractivity contribution in [2.45, 2.75) is 13.5 Å². The largest absolute Gasteiger partial charge is 0.313 e. The molecule has 0 aliphatic rings. The number of hydrogen-bond acceptors (Lipinski definition) is 7. The highest BCUT2D eigenvalue weighted by atomic mass is 32.2. The number of amides is 1. The number of nitrogens with one attached hydrogen (secondary N) is 1. The molecule has 1 N–H and O–H groups in total. The normalized spacial score (nSPS) is 11.5. The second kappa shape index (κ2) is 10.5. The van der Waals surface area contributed by atoms with E-state index in [9.17, 15) is 13.4 Å². The quantitative estimate of drug-likeness (QED) is 0.384. The van der Waals surface area contributed by atoms with Crippen molar-refractivity contribution in [2.24, 2.45) is 0 Å². The van der Waals surface area contributed by atoms with Gasteiger partial charge in [-0.1, -0.05) is 6.07 Å². The second-order valence-corrected chi connectivity index (χ2v) is 9.88. The third-order valence-corrected chi connectivity index (χ3v) is 6.55. The van der Waals surface area contributed by atoms with Crippen LogP contribution in [0.15, 0.2) is 66.9 Å². The van der Waals surface area contributed by atoms with Gasteiger partial charge in [0.15, 0.2) is 5.13 Å². The summed E-state index contributed by atoms with van der Waals surface area (Å²) in [6, 6.07) is 19.1. The van der Waals surface area contributed by atoms with Gasteiger partial charge in [0, 0.05) is 28.6 Å². The fourth-order valence-electron chi connectivity index (χ4n) is 3.36. The Morgan fingerprint density at radius 1 is 1.14 bits per heavy atom. The van der Waals surface area contributed by atoms with E-state index in [0.29, 0.717) is 22.1 Å². The van der Waals surface area contributed by atoms with Crippen molar-refractivity contribution in [2.75, 3.05) is 11.2 Å². The Kier molecular flexibility index (Phi) is 7.29. The Balaban J connectivity index is 1.66. The molecule has 1 atom stereocenters. The standard InChI is InChI=1S/C25H20FN5O2S2/c1-16-23(24(32)30-35(2)33)29-25(34-16)31(21-10-3-17(13-27)4-11-21)15-18-5-12-22(28-14-18)19-6-8-20(26)9-7-19/h3-12,14H,15H2,1-2H3,(H,30,32). The summed E-state index contributed by atoms with van der Waals surface area (Å²) in [5, 5.41) is 9.73. The summed E-state index contributed by atoms with van der Waals surface area (Å²) >= 11 is 1.34. The van der Waals surface area contributed by atoms with E-state index in [2.05, 4.69) is 20.8 Å². The van der Waals surface area contributed by atoms with Crippen molar-refractivity contribution < 1.29 is 13.4 Å². The Labute approximate surface area is 208 Å². The number of aromatic nitrogens is 2. The molecule has 2 aromatic carbocycles. The maximum Gasteiger partial charge on any atom is 0.282 e. The number of pyridine rings is 1. The van der Waals surface area contributed by atoms with Gasteiger partial charge >= 0.3 is 0 Å². The third kappa shape index (κ3) is 5.77. The first-order valence-corrected chi connectivity index (χ1v) is 12.8. The number of halogens is 1. The van der Waals surface area contributed by atoms with E-state index >= 15 is 0 Å². The predicted octanol–water partition coefficient (Wildman–Crippen LogP) is 4.89. The number of carbonyl (C=O) groups excluding carboxylic acids is 1. The molecule has 4 rings (SSSR count). The highest BCUT2D eigenvalue weighted by Crippen LogP contribution is 2.33. The molecule has 7 nitrogen and oxygen atoms in total. The smallest absolute Gasteiger partial charge is 0.282 e. The van der Waals surface area contributed by atoms with Crippen LogP contribution in [0.2, 0.25) is 0 Å². The second-order valence-electron chi connectivity index (χ2n) is 7.59. The average Bonchev–Trinajstić information content (AvgIpc) is 3.24. The van der Waals surface area contributed by atoms with E-state index in [1.54, 1.807) is 37.4 Å². The van der Waals surface area contributed by atoms with E-state index in [0.717, 1.165) is 22.5 Å². The lowest BCUT2D eigenvalue weighted by Crippen LogP contribution is -2.25. The Morgan fingerprint density at radius 3 is 2.46 bits per heavy atom. The monoisotopic (exact) mass is 505 g/mol. The minimum absolute atomic E-state index is 0.212. The molecule has 0 fully saturated rings. The zero-order valence-electron chi connectivity index (χ0n) is 18.9. The Bertz CT molecular complexity index is 1410. The molecule has 0 aliphatic carbocycles. The number of nitriles is 1. The van der Waals surface area contributed by atoms with E-state index in [-0.39, 0.29) is 11.5 Å². The summed E-state index contributed by atoms with van der Waals surface area (Å²) in [6.07, 6.45) is 3.12. The SMILES string of the molecule is Cc1sc(N(Cc2ccc(-c3ccc(F)cc3)nc2)c2ccc(C#N)cc2)nc1C(=O)NS(C)=O. The molecule has 10 heteroatoms. The maximum absolute atomic E-state index is 13.2. The summed E-state index contributed by atoms with van der Waals surface area (Å²) in [6.45, 7) is 2.18. The number of anilines is 2. The molecule has 0 bridgehead atoms. The Morgan fingerprint density at radius 2 is 1.86 bits per heavy atom. The molecule has 1 amide bonds. The molecule has 1 unspecified atom stereocenters. The fraction of sp³-hybridized carbons (Fsp3) is 0.120. The van der Waals surface area contributed by atoms with Crippen LogP contribution >= 0.6 is 11.3 Å². The summed E-state index contributed by atoms with van der Waals surface area (Å²) in [7, 11) is -1.50. The number of hydrogen-bond donors (Lipinski definition) is 1. The topological polar surface area (TPSA) is 99.0 Å². The van der Waals surface area contributed by atoms with Crippen LogP contribution in [0, 0.1) is 24.1 Å². The number of carbonyl (C=O) groups is 1. The molecule has 0 saturated carbocycles. The summed E-state index contributed by atoms with van der Waals surface area (Å²) in [5.74, 6) is -0.809. The van der Waals surface area contributed by atoms with E-state index in [4.69, 9.17) is 5.26 Å². The molecule has 0 aliphatic heterocycles. The van der Waals surface area contributed by atoms with Gasteiger partial charge in [0.1, 0.15) is 22.5 Å². The van der Waals surface area contributed by atoms with Crippen LogP contribution in [-0.2, 0) is 17.5 Å². The number of rotatable bonds is 7. The van der Waals surface area contributed by atoms with Crippen molar-refractivity contribution in [3.8, 4) is 17.3 Å². The summed E-state index contributed by atoms with van der Waals surface area (Å²) in [4.78, 5) is 24.1. The van der Waals surface area contributed by atoms with Crippen LogP contribution in [-0.4, -0.2) is 26.3 Å². The van der Waals surface area contributed by atoms with Crippen molar-refractivity contribution >= 4 is 39.0 Å². The number of aryl methyl sites for hydroxylation is 1. The van der Waals surface area contributed by atoms with Crippen LogP contribution < -0.4 is 9.62 Å². The van der Waals surface area contributed by atoms with E-state index in [1.807, 2.05) is 29.2 Å². The summed E-state index contributed by atoms with van der Waals surface area (Å²) < 4.78 is 27.0. The van der Waals surface area contributed by atoms with Gasteiger partial charge in [-0.05, 0) is 67.1 Å². The maximum atomic E-state index is 13.2. The molecule has 2 heterocycles. The van der Waals surface area contributed by atoms with Crippen molar-refractivity contribution in [1.29, 1.82) is 5.26 Å². The minimum Gasteiger partial charge on any atom is -0.313 e. The van der Waals surface area contributed by atoms with E-state index in [1.165, 1.54) is 29.7 Å². The Hall–Kier alpha value is -3.94. The number of thiazole rings is 1. The van der Waals surface area contributed by atoms with Gasteiger partial charge in [0.2, 0.25) is 0 Å². The molecular formula is C25H20FN5O2S2. The van der Waals surface area contributed by atoms with Gasteiger partial charge in [0.25, 0.3) is 5.91 Å². The van der Waals surface area contributed by atoms with Crippen LogP contribution in [0.4, 0.5) is 15.2 Å². The van der Waals surface area contributed by atoms with Gasteiger partial charge < -0.3 is 4.90 Å². The first-order chi connectivity index (χ1) is 16.8. The van der Waals surface area contributed by atoms with Gasteiger partial charge in [-0.3, -0.25) is 14.5 Å². The fourth-order valence-corrected chi connectivity index (χ4v) is 4.65. The number of benzene rings is 2. The predicted molar refractivity (Wildman–Crippen MR) is 135 cm³/mol. The average molecular weight is 506 g/mol. The van der Waals surface area contributed by atoms with E-state index < -0.39 is 16.9 Å². The first kappa shape index (κ1) is 24.2. The van der Waals surface area contributed by atoms with Crippen LogP contribution in [0.3, 0.4) is 0 Å². The van der Waals surface area contributed by atoms with Gasteiger partial charge in [0.05, 0.1) is 23.9 Å². The molecule has 176 valence electrons. The molecular weight excluding hydrogens is 485 g/mol. The first-order valence-electron chi connectivity index (χ1n) is 10.4. The van der Waals surface area contributed by atoms with Gasteiger partial charge in [-0.25, -0.2) is 13.6 Å². The van der Waals surface area contributed by atoms with Crippen LogP contribution in [0.1, 0.15) is 26.5 Å². The van der Waals surface area contributed by atoms with Crippen molar-refractivity contribution in [3.63, 3.8) is 0 Å². The van der Waals surface area contributed by atoms with Crippen LogP contribution in [0.5, 0.6) is 0 Å². The van der Waals surface area contributed by atoms with Crippen LogP contribution in [0.25, 0.3) is 11.3 Å². The zero-order valence-corrected chi connectivity index (χ0v) is 20.5. The molecule has 4 aromatic rings. The molecule has 35 heavy (non-hydrogen) atoms. The highest BCUT2D eigenvalue weighted by Gasteiger charge is 2.21. The molecule has 2 aromatic heterocycles. The lowest BCUT2D eigenvalue weighted by Gasteiger charge is -2.22. The van der Waals surface area contributed by atoms with Gasteiger partial charge in [-0.15, -0.1) is 11.3 Å². The molecule has 0 saturated heterocycles. The van der Waals surface area contributed by atoms with Crippen molar-refractivity contribution in [1.82, 2.24) is 14.7 Å².